The summed E-state index contributed by atoms with van der Waals surface area (Å²) in [6, 6.07) is 10.3. The van der Waals surface area contributed by atoms with Crippen LogP contribution >= 0.6 is 0 Å². The second-order valence-corrected chi connectivity index (χ2v) is 5.63. The molecule has 0 aliphatic carbocycles. The molecule has 0 aromatic heterocycles. The van der Waals surface area contributed by atoms with Crippen molar-refractivity contribution in [1.82, 2.24) is 0 Å². The third kappa shape index (κ3) is 5.47. The number of unbranched alkanes of at least 4 members (excludes halogenated alkanes) is 1. The Bertz CT molecular complexity index is 385. The summed E-state index contributed by atoms with van der Waals surface area (Å²) >= 11 is 0. The first-order valence-corrected chi connectivity index (χ1v) is 7.71. The van der Waals surface area contributed by atoms with Crippen LogP contribution < -0.4 is 0 Å². The normalized spacial score (nSPS) is 13.8. The Hall–Kier alpha value is -1.29. The van der Waals surface area contributed by atoms with Gasteiger partial charge in [-0.1, -0.05) is 58.6 Å². The van der Waals surface area contributed by atoms with Crippen LogP contribution in [0.5, 0.6) is 0 Å². The minimum atomic E-state index is 0.600. The van der Waals surface area contributed by atoms with Gasteiger partial charge in [0.05, 0.1) is 11.6 Å². The molecule has 0 aliphatic rings. The summed E-state index contributed by atoms with van der Waals surface area (Å²) < 4.78 is 0. The van der Waals surface area contributed by atoms with E-state index in [1.165, 1.54) is 44.1 Å². The molecular formula is C18H27N. The van der Waals surface area contributed by atoms with E-state index in [0.717, 1.165) is 11.5 Å². The minimum absolute atomic E-state index is 0.600. The number of rotatable bonds is 8. The van der Waals surface area contributed by atoms with Crippen molar-refractivity contribution in [3.63, 3.8) is 0 Å². The summed E-state index contributed by atoms with van der Waals surface area (Å²) in [5, 5.41) is 8.81. The minimum Gasteiger partial charge on any atom is -0.192 e. The molecule has 0 aliphatic heterocycles. The van der Waals surface area contributed by atoms with Crippen LogP contribution in [-0.2, 0) is 0 Å². The molecule has 1 aromatic carbocycles. The zero-order valence-electron chi connectivity index (χ0n) is 12.7. The maximum absolute atomic E-state index is 8.81. The van der Waals surface area contributed by atoms with Crippen molar-refractivity contribution < 1.29 is 0 Å². The fraction of sp³-hybridized carbons (Fsp3) is 0.611. The van der Waals surface area contributed by atoms with Gasteiger partial charge in [0, 0.05) is 0 Å². The quantitative estimate of drug-likeness (QED) is 0.589. The molecule has 2 atom stereocenters. The lowest BCUT2D eigenvalue weighted by atomic mass is 9.88. The molecular weight excluding hydrogens is 230 g/mol. The molecule has 0 saturated carbocycles. The first-order valence-electron chi connectivity index (χ1n) is 7.71. The van der Waals surface area contributed by atoms with Crippen LogP contribution in [0.15, 0.2) is 24.3 Å². The molecule has 2 unspecified atom stereocenters. The molecule has 0 N–H and O–H groups in total. The lowest BCUT2D eigenvalue weighted by Gasteiger charge is -2.18. The number of benzene rings is 1. The van der Waals surface area contributed by atoms with Gasteiger partial charge in [0.2, 0.25) is 0 Å². The van der Waals surface area contributed by atoms with E-state index >= 15 is 0 Å². The summed E-state index contributed by atoms with van der Waals surface area (Å²) in [5.41, 5.74) is 2.12. The SMILES string of the molecule is CCCCC(CC)CCC(C)c1ccc(C#N)cc1. The van der Waals surface area contributed by atoms with Gasteiger partial charge in [-0.15, -0.1) is 0 Å². The molecule has 1 heteroatoms. The molecule has 0 radical (unpaired) electrons. The molecule has 104 valence electrons. The Balaban J connectivity index is 2.44. The van der Waals surface area contributed by atoms with Gasteiger partial charge in [-0.25, -0.2) is 0 Å². The average Bonchev–Trinajstić information content (AvgIpc) is 2.47. The van der Waals surface area contributed by atoms with Gasteiger partial charge in [0.1, 0.15) is 0 Å². The van der Waals surface area contributed by atoms with E-state index < -0.39 is 0 Å². The lowest BCUT2D eigenvalue weighted by Crippen LogP contribution is -2.02. The Morgan fingerprint density at radius 3 is 2.26 bits per heavy atom. The van der Waals surface area contributed by atoms with Crippen molar-refractivity contribution in [1.29, 1.82) is 5.26 Å². The molecule has 0 fully saturated rings. The second-order valence-electron chi connectivity index (χ2n) is 5.63. The first kappa shape index (κ1) is 15.8. The Morgan fingerprint density at radius 2 is 1.74 bits per heavy atom. The van der Waals surface area contributed by atoms with E-state index in [0.29, 0.717) is 5.92 Å². The number of nitriles is 1. The van der Waals surface area contributed by atoms with Gasteiger partial charge in [-0.05, 0) is 42.4 Å². The monoisotopic (exact) mass is 257 g/mol. The first-order chi connectivity index (χ1) is 9.21. The summed E-state index contributed by atoms with van der Waals surface area (Å²) in [4.78, 5) is 0. The fourth-order valence-electron chi connectivity index (χ4n) is 2.58. The van der Waals surface area contributed by atoms with E-state index in [1.807, 2.05) is 12.1 Å². The molecule has 19 heavy (non-hydrogen) atoms. The van der Waals surface area contributed by atoms with Crippen LogP contribution in [0.25, 0.3) is 0 Å². The van der Waals surface area contributed by atoms with Crippen LogP contribution in [0.4, 0.5) is 0 Å². The fourth-order valence-corrected chi connectivity index (χ4v) is 2.58. The zero-order chi connectivity index (χ0) is 14.1. The maximum Gasteiger partial charge on any atom is 0.0991 e. The molecule has 0 bridgehead atoms. The second kappa shape index (κ2) is 8.75. The van der Waals surface area contributed by atoms with E-state index in [4.69, 9.17) is 5.26 Å². The molecule has 1 rings (SSSR count). The number of hydrogen-bond donors (Lipinski definition) is 0. The van der Waals surface area contributed by atoms with Gasteiger partial charge in [-0.3, -0.25) is 0 Å². The zero-order valence-corrected chi connectivity index (χ0v) is 12.7. The van der Waals surface area contributed by atoms with E-state index in [9.17, 15) is 0 Å². The Labute approximate surface area is 118 Å². The molecule has 0 saturated heterocycles. The standard InChI is InChI=1S/C18H27N/c1-4-6-7-16(5-2)9-8-15(3)18-12-10-17(14-19)11-13-18/h10-13,15-16H,4-9H2,1-3H3. The summed E-state index contributed by atoms with van der Waals surface area (Å²) in [6.45, 7) is 6.88. The summed E-state index contributed by atoms with van der Waals surface area (Å²) in [5.74, 6) is 1.49. The predicted octanol–water partition coefficient (Wildman–Crippen LogP) is 5.66. The highest BCUT2D eigenvalue weighted by Crippen LogP contribution is 2.26. The van der Waals surface area contributed by atoms with Crippen LogP contribution in [0.1, 0.15) is 76.3 Å². The maximum atomic E-state index is 8.81. The highest BCUT2D eigenvalue weighted by molar-refractivity contribution is 5.32. The van der Waals surface area contributed by atoms with Crippen molar-refractivity contribution in [3.8, 4) is 6.07 Å². The summed E-state index contributed by atoms with van der Waals surface area (Å²) in [6.07, 6.45) is 7.95. The predicted molar refractivity (Wildman–Crippen MR) is 82.1 cm³/mol. The molecule has 0 heterocycles. The lowest BCUT2D eigenvalue weighted by molar-refractivity contribution is 0.397. The van der Waals surface area contributed by atoms with Gasteiger partial charge < -0.3 is 0 Å². The van der Waals surface area contributed by atoms with Gasteiger partial charge in [0.25, 0.3) is 0 Å². The highest BCUT2D eigenvalue weighted by atomic mass is 14.2. The topological polar surface area (TPSA) is 23.8 Å². The van der Waals surface area contributed by atoms with Crippen LogP contribution in [0, 0.1) is 17.2 Å². The smallest absolute Gasteiger partial charge is 0.0991 e. The van der Waals surface area contributed by atoms with Gasteiger partial charge >= 0.3 is 0 Å². The van der Waals surface area contributed by atoms with Crippen molar-refractivity contribution in [2.45, 2.75) is 65.2 Å². The Kier molecular flexibility index (Phi) is 7.26. The summed E-state index contributed by atoms with van der Waals surface area (Å²) in [7, 11) is 0. The van der Waals surface area contributed by atoms with Gasteiger partial charge in [0.15, 0.2) is 0 Å². The number of nitrogens with zero attached hydrogens (tertiary/aromatic N) is 1. The van der Waals surface area contributed by atoms with Crippen molar-refractivity contribution in [2.24, 2.45) is 5.92 Å². The van der Waals surface area contributed by atoms with Crippen molar-refractivity contribution >= 4 is 0 Å². The van der Waals surface area contributed by atoms with Crippen LogP contribution in [-0.4, -0.2) is 0 Å². The molecule has 0 amide bonds. The average molecular weight is 257 g/mol. The Morgan fingerprint density at radius 1 is 1.05 bits per heavy atom. The van der Waals surface area contributed by atoms with E-state index in [1.54, 1.807) is 0 Å². The van der Waals surface area contributed by atoms with Crippen LogP contribution in [0.3, 0.4) is 0 Å². The molecule has 1 aromatic rings. The molecule has 1 nitrogen and oxygen atoms in total. The number of hydrogen-bond acceptors (Lipinski definition) is 1. The van der Waals surface area contributed by atoms with Crippen molar-refractivity contribution in [2.75, 3.05) is 0 Å². The molecule has 0 spiro atoms. The van der Waals surface area contributed by atoms with Gasteiger partial charge in [-0.2, -0.15) is 5.26 Å². The largest absolute Gasteiger partial charge is 0.192 e. The third-order valence-corrected chi connectivity index (χ3v) is 4.16. The van der Waals surface area contributed by atoms with Crippen molar-refractivity contribution in [3.05, 3.63) is 35.4 Å². The van der Waals surface area contributed by atoms with E-state index in [-0.39, 0.29) is 0 Å². The van der Waals surface area contributed by atoms with Crippen LogP contribution in [0.2, 0.25) is 0 Å². The third-order valence-electron chi connectivity index (χ3n) is 4.16. The highest BCUT2D eigenvalue weighted by Gasteiger charge is 2.10. The van der Waals surface area contributed by atoms with E-state index in [2.05, 4.69) is 39.0 Å².